The number of hydrogen-bond donors (Lipinski definition) is 1. The second kappa shape index (κ2) is 7.44. The van der Waals surface area contributed by atoms with Crippen LogP contribution in [0.5, 0.6) is 17.2 Å². The third kappa shape index (κ3) is 2.98. The van der Waals surface area contributed by atoms with Crippen LogP contribution in [0.2, 0.25) is 0 Å². The van der Waals surface area contributed by atoms with E-state index in [1.165, 1.54) is 12.1 Å². The molecule has 6 nitrogen and oxygen atoms in total. The highest BCUT2D eigenvalue weighted by Gasteiger charge is 2.38. The van der Waals surface area contributed by atoms with Crippen molar-refractivity contribution in [2.45, 2.75) is 19.8 Å². The zero-order chi connectivity index (χ0) is 23.4. The highest BCUT2D eigenvalue weighted by atomic mass is 19.2. The molecular formula is C25H16F2O6. The number of rotatable bonds is 1. The molecule has 166 valence electrons. The molecule has 1 unspecified atom stereocenters. The van der Waals surface area contributed by atoms with Crippen LogP contribution in [0.3, 0.4) is 0 Å². The lowest BCUT2D eigenvalue weighted by Crippen LogP contribution is -2.36. The minimum absolute atomic E-state index is 0.0253. The lowest BCUT2D eigenvalue weighted by atomic mass is 9.83. The maximum atomic E-state index is 14.3. The van der Waals surface area contributed by atoms with Crippen LogP contribution in [0, 0.1) is 11.6 Å². The van der Waals surface area contributed by atoms with E-state index in [1.54, 1.807) is 38.1 Å². The van der Waals surface area contributed by atoms with Crippen molar-refractivity contribution in [1.82, 2.24) is 0 Å². The first-order valence-electron chi connectivity index (χ1n) is 10.1. The first-order chi connectivity index (χ1) is 15.8. The normalized spacial score (nSPS) is 15.9. The Kier molecular flexibility index (Phi) is 4.67. The van der Waals surface area contributed by atoms with E-state index < -0.39 is 34.6 Å². The van der Waals surface area contributed by atoms with Gasteiger partial charge < -0.3 is 18.7 Å². The summed E-state index contributed by atoms with van der Waals surface area (Å²) in [7, 11) is 0. The van der Waals surface area contributed by atoms with Gasteiger partial charge in [0, 0.05) is 11.6 Å². The van der Waals surface area contributed by atoms with E-state index in [2.05, 4.69) is 0 Å². The molecule has 1 atom stereocenters. The molecule has 8 heteroatoms. The largest absolute Gasteiger partial charge is 0.507 e. The Morgan fingerprint density at radius 2 is 1.64 bits per heavy atom. The SMILES string of the molecule is CC=c1oc(=O)c2c(c1=CC)Oc1cc(F)c(F)cc1C2c1c(O)c2ccccc2oc1=O. The molecule has 0 fully saturated rings. The predicted octanol–water partition coefficient (Wildman–Crippen LogP) is 3.62. The third-order valence-corrected chi connectivity index (χ3v) is 5.70. The van der Waals surface area contributed by atoms with Gasteiger partial charge in [-0.1, -0.05) is 18.2 Å². The van der Waals surface area contributed by atoms with Gasteiger partial charge in [0.2, 0.25) is 0 Å². The molecule has 1 aliphatic heterocycles. The number of aromatic hydroxyl groups is 1. The van der Waals surface area contributed by atoms with Gasteiger partial charge in [-0.05, 0) is 38.1 Å². The summed E-state index contributed by atoms with van der Waals surface area (Å²) >= 11 is 0. The quantitative estimate of drug-likeness (QED) is 0.393. The van der Waals surface area contributed by atoms with E-state index in [4.69, 9.17) is 13.6 Å². The second-order valence-corrected chi connectivity index (χ2v) is 7.47. The summed E-state index contributed by atoms with van der Waals surface area (Å²) in [5, 5.41) is 11.7. The fourth-order valence-corrected chi connectivity index (χ4v) is 4.23. The highest BCUT2D eigenvalue weighted by Crippen LogP contribution is 2.47. The Labute approximate surface area is 184 Å². The summed E-state index contributed by atoms with van der Waals surface area (Å²) in [6, 6.07) is 7.97. The molecule has 0 radical (unpaired) electrons. The molecule has 33 heavy (non-hydrogen) atoms. The number of para-hydroxylation sites is 1. The van der Waals surface area contributed by atoms with Crippen molar-refractivity contribution in [2.24, 2.45) is 0 Å². The zero-order valence-electron chi connectivity index (χ0n) is 17.4. The van der Waals surface area contributed by atoms with Crippen LogP contribution >= 0.6 is 0 Å². The van der Waals surface area contributed by atoms with Gasteiger partial charge in [-0.15, -0.1) is 0 Å². The van der Waals surface area contributed by atoms with Gasteiger partial charge in [0.05, 0.1) is 27.6 Å². The molecule has 0 spiro atoms. The summed E-state index contributed by atoms with van der Waals surface area (Å²) in [6.07, 6.45) is 3.18. The van der Waals surface area contributed by atoms with E-state index in [9.17, 15) is 23.5 Å². The Hall–Kier alpha value is -4.20. The maximum Gasteiger partial charge on any atom is 0.344 e. The molecular weight excluding hydrogens is 434 g/mol. The monoisotopic (exact) mass is 450 g/mol. The molecule has 0 aliphatic carbocycles. The molecule has 1 aliphatic rings. The van der Waals surface area contributed by atoms with Crippen LogP contribution in [0.1, 0.15) is 36.5 Å². The lowest BCUT2D eigenvalue weighted by Gasteiger charge is -2.27. The van der Waals surface area contributed by atoms with Crippen LogP contribution in [0.4, 0.5) is 8.78 Å². The molecule has 3 heterocycles. The van der Waals surface area contributed by atoms with Crippen LogP contribution in [-0.4, -0.2) is 5.11 Å². The van der Waals surface area contributed by atoms with Gasteiger partial charge >= 0.3 is 11.3 Å². The number of ether oxygens (including phenoxy) is 1. The average Bonchev–Trinajstić information content (AvgIpc) is 2.79. The van der Waals surface area contributed by atoms with Crippen molar-refractivity contribution in [2.75, 3.05) is 0 Å². The van der Waals surface area contributed by atoms with E-state index in [0.717, 1.165) is 12.1 Å². The van der Waals surface area contributed by atoms with E-state index in [1.807, 2.05) is 0 Å². The van der Waals surface area contributed by atoms with Crippen LogP contribution in [0.25, 0.3) is 23.1 Å². The van der Waals surface area contributed by atoms with Crippen molar-refractivity contribution >= 4 is 23.1 Å². The van der Waals surface area contributed by atoms with Crippen molar-refractivity contribution in [3.8, 4) is 17.2 Å². The molecule has 2 aromatic heterocycles. The van der Waals surface area contributed by atoms with E-state index in [0.29, 0.717) is 5.22 Å². The first-order valence-corrected chi connectivity index (χ1v) is 10.1. The molecule has 5 rings (SSSR count). The van der Waals surface area contributed by atoms with Crippen molar-refractivity contribution in [3.63, 3.8) is 0 Å². The topological polar surface area (TPSA) is 89.9 Å². The van der Waals surface area contributed by atoms with E-state index >= 15 is 0 Å². The summed E-state index contributed by atoms with van der Waals surface area (Å²) in [5.74, 6) is -4.23. The van der Waals surface area contributed by atoms with Gasteiger partial charge in [-0.3, -0.25) is 0 Å². The third-order valence-electron chi connectivity index (χ3n) is 5.70. The standard InChI is InChI=1S/C25H16F2O6/c1-3-11-16(4-2)32-25(30)21-19(13-9-14(26)15(27)10-18(13)31-23(11)21)20-22(28)12-7-5-6-8-17(12)33-24(20)29/h3-10,19,28H,1-2H3. The van der Waals surface area contributed by atoms with Crippen LogP contribution < -0.4 is 26.6 Å². The fraction of sp³-hybridized carbons (Fsp3) is 0.120. The van der Waals surface area contributed by atoms with Crippen molar-refractivity contribution in [1.29, 1.82) is 0 Å². The smallest absolute Gasteiger partial charge is 0.344 e. The first kappa shape index (κ1) is 20.7. The lowest BCUT2D eigenvalue weighted by molar-refractivity contribution is 0.390. The second-order valence-electron chi connectivity index (χ2n) is 7.47. The fourth-order valence-electron chi connectivity index (χ4n) is 4.23. The van der Waals surface area contributed by atoms with E-state index in [-0.39, 0.29) is 44.6 Å². The summed E-state index contributed by atoms with van der Waals surface area (Å²) in [6.45, 7) is 3.34. The molecule has 0 saturated heterocycles. The van der Waals surface area contributed by atoms with Crippen LogP contribution in [-0.2, 0) is 0 Å². The Morgan fingerprint density at radius 3 is 2.36 bits per heavy atom. The molecule has 0 saturated carbocycles. The van der Waals surface area contributed by atoms with Gasteiger partial charge in [0.25, 0.3) is 0 Å². The van der Waals surface area contributed by atoms with Crippen molar-refractivity contribution < 1.29 is 27.5 Å². The molecule has 0 bridgehead atoms. The van der Waals surface area contributed by atoms with Crippen molar-refractivity contribution in [3.05, 3.63) is 96.2 Å². The summed E-state index contributed by atoms with van der Waals surface area (Å²) in [4.78, 5) is 26.1. The van der Waals surface area contributed by atoms with Crippen LogP contribution in [0.15, 0.2) is 54.8 Å². The molecule has 4 aromatic rings. The van der Waals surface area contributed by atoms with Gasteiger partial charge in [0.1, 0.15) is 28.2 Å². The maximum absolute atomic E-state index is 14.3. The number of halogens is 2. The highest BCUT2D eigenvalue weighted by molar-refractivity contribution is 5.85. The van der Waals surface area contributed by atoms with Gasteiger partial charge in [-0.2, -0.15) is 0 Å². The summed E-state index contributed by atoms with van der Waals surface area (Å²) in [5.41, 5.74) is -1.92. The average molecular weight is 450 g/mol. The molecule has 2 aromatic carbocycles. The Balaban J connectivity index is 1.98. The number of hydrogen-bond acceptors (Lipinski definition) is 6. The minimum Gasteiger partial charge on any atom is -0.507 e. The predicted molar refractivity (Wildman–Crippen MR) is 116 cm³/mol. The minimum atomic E-state index is -1.33. The summed E-state index contributed by atoms with van der Waals surface area (Å²) < 4.78 is 45.0. The number of benzene rings is 2. The zero-order valence-corrected chi connectivity index (χ0v) is 17.4. The Bertz CT molecular complexity index is 1700. The number of fused-ring (bicyclic) bond motifs is 3. The Morgan fingerprint density at radius 1 is 0.939 bits per heavy atom. The molecule has 0 amide bonds. The van der Waals surface area contributed by atoms with Gasteiger partial charge in [-0.25, -0.2) is 18.4 Å². The molecule has 1 N–H and O–H groups in total. The van der Waals surface area contributed by atoms with Gasteiger partial charge in [0.15, 0.2) is 11.6 Å².